The van der Waals surface area contributed by atoms with Crippen molar-refractivity contribution >= 4 is 6.08 Å². The molecule has 0 atom stereocenters. The van der Waals surface area contributed by atoms with E-state index >= 15 is 0 Å². The van der Waals surface area contributed by atoms with Gasteiger partial charge in [-0.25, -0.2) is 14.6 Å². The van der Waals surface area contributed by atoms with Crippen molar-refractivity contribution < 1.29 is 5.11 Å². The van der Waals surface area contributed by atoms with E-state index in [1.807, 2.05) is 37.5 Å². The number of rotatable bonds is 6. The summed E-state index contributed by atoms with van der Waals surface area (Å²) in [6.45, 7) is 3.41. The molecule has 0 radical (unpaired) electrons. The second-order valence-corrected chi connectivity index (χ2v) is 8.15. The predicted molar refractivity (Wildman–Crippen MR) is 122 cm³/mol. The molecule has 8 nitrogen and oxygen atoms in total. The van der Waals surface area contributed by atoms with Gasteiger partial charge in [0.05, 0.1) is 18.0 Å². The summed E-state index contributed by atoms with van der Waals surface area (Å²) >= 11 is 0. The Balaban J connectivity index is 1.56. The molecule has 0 aliphatic carbocycles. The Morgan fingerprint density at radius 3 is 2.59 bits per heavy atom. The first-order chi connectivity index (χ1) is 15.3. The quantitative estimate of drug-likeness (QED) is 0.507. The minimum absolute atomic E-state index is 0.116. The van der Waals surface area contributed by atoms with E-state index in [0.29, 0.717) is 17.9 Å². The van der Waals surface area contributed by atoms with Gasteiger partial charge < -0.3 is 5.11 Å². The van der Waals surface area contributed by atoms with Crippen molar-refractivity contribution in [3.8, 4) is 17.1 Å². The van der Waals surface area contributed by atoms with E-state index in [9.17, 15) is 9.90 Å². The third kappa shape index (κ3) is 5.22. The third-order valence-electron chi connectivity index (χ3n) is 4.75. The molecular formula is C24H24N6O2. The number of aryl methyl sites for hydroxylation is 1. The van der Waals surface area contributed by atoms with Crippen LogP contribution in [0.15, 0.2) is 72.2 Å². The second-order valence-electron chi connectivity index (χ2n) is 8.15. The van der Waals surface area contributed by atoms with Gasteiger partial charge in [-0.3, -0.25) is 9.48 Å². The highest BCUT2D eigenvalue weighted by molar-refractivity contribution is 5.58. The summed E-state index contributed by atoms with van der Waals surface area (Å²) in [5, 5.41) is 18.5. The van der Waals surface area contributed by atoms with Crippen LogP contribution < -0.4 is 5.43 Å². The van der Waals surface area contributed by atoms with E-state index in [4.69, 9.17) is 0 Å². The maximum atomic E-state index is 12.4. The molecule has 4 aromatic rings. The van der Waals surface area contributed by atoms with Crippen LogP contribution >= 0.6 is 0 Å². The standard InChI is InChI=1S/C24H24N6O2/c1-24(2,32)9-7-18-13-25-23(26-14-18)19-6-4-5-17(11-19)12-21-22(31)8-10-30(28-21)20-15-27-29(3)16-20/h4-11,13-16,32H,12H2,1-3H3/b9-7+. The number of nitrogens with zero attached hydrogens (tertiary/aromatic N) is 6. The predicted octanol–water partition coefficient (Wildman–Crippen LogP) is 2.80. The molecule has 32 heavy (non-hydrogen) atoms. The van der Waals surface area contributed by atoms with Gasteiger partial charge in [0.25, 0.3) is 0 Å². The summed E-state index contributed by atoms with van der Waals surface area (Å²) in [6, 6.07) is 9.27. The third-order valence-corrected chi connectivity index (χ3v) is 4.75. The van der Waals surface area contributed by atoms with Crippen LogP contribution in [-0.4, -0.2) is 40.2 Å². The Kier molecular flexibility index (Phi) is 5.79. The lowest BCUT2D eigenvalue weighted by molar-refractivity contribution is 0.134. The van der Waals surface area contributed by atoms with E-state index < -0.39 is 5.60 Å². The number of aromatic nitrogens is 6. The van der Waals surface area contributed by atoms with Crippen molar-refractivity contribution in [2.75, 3.05) is 0 Å². The Bertz CT molecular complexity index is 1310. The molecule has 0 aliphatic heterocycles. The zero-order valence-corrected chi connectivity index (χ0v) is 18.2. The largest absolute Gasteiger partial charge is 0.386 e. The summed E-state index contributed by atoms with van der Waals surface area (Å²) in [7, 11) is 1.83. The zero-order valence-electron chi connectivity index (χ0n) is 18.2. The van der Waals surface area contributed by atoms with Crippen LogP contribution in [0.1, 0.15) is 30.7 Å². The highest BCUT2D eigenvalue weighted by Gasteiger charge is 2.09. The van der Waals surface area contributed by atoms with Gasteiger partial charge in [-0.15, -0.1) is 0 Å². The zero-order chi connectivity index (χ0) is 22.7. The Hall–Kier alpha value is -3.91. The molecule has 3 heterocycles. The van der Waals surface area contributed by atoms with E-state index in [1.165, 1.54) is 6.07 Å². The monoisotopic (exact) mass is 428 g/mol. The molecule has 0 saturated heterocycles. The van der Waals surface area contributed by atoms with Crippen LogP contribution in [0.25, 0.3) is 23.2 Å². The number of hydrogen-bond acceptors (Lipinski definition) is 6. The first-order valence-electron chi connectivity index (χ1n) is 10.2. The molecule has 1 aromatic carbocycles. The van der Waals surface area contributed by atoms with Gasteiger partial charge in [0, 0.05) is 49.3 Å². The van der Waals surface area contributed by atoms with Crippen LogP contribution in [0, 0.1) is 0 Å². The minimum atomic E-state index is -0.895. The molecule has 0 fully saturated rings. The van der Waals surface area contributed by atoms with Crippen molar-refractivity contribution in [3.05, 3.63) is 94.4 Å². The molecule has 0 unspecified atom stereocenters. The fraction of sp³-hybridized carbons (Fsp3) is 0.208. The van der Waals surface area contributed by atoms with Gasteiger partial charge in [-0.05, 0) is 25.5 Å². The van der Waals surface area contributed by atoms with E-state index in [2.05, 4.69) is 20.2 Å². The molecule has 8 heteroatoms. The molecule has 162 valence electrons. The summed E-state index contributed by atoms with van der Waals surface area (Å²) in [5.74, 6) is 0.584. The highest BCUT2D eigenvalue weighted by Crippen LogP contribution is 2.18. The van der Waals surface area contributed by atoms with Gasteiger partial charge in [-0.1, -0.05) is 30.4 Å². The summed E-state index contributed by atoms with van der Waals surface area (Å²) in [4.78, 5) is 21.3. The van der Waals surface area contributed by atoms with Gasteiger partial charge in [0.1, 0.15) is 11.4 Å². The van der Waals surface area contributed by atoms with Crippen LogP contribution in [0.3, 0.4) is 0 Å². The van der Waals surface area contributed by atoms with Gasteiger partial charge in [-0.2, -0.15) is 10.2 Å². The topological polar surface area (TPSA) is 98.7 Å². The molecule has 0 aliphatic rings. The summed E-state index contributed by atoms with van der Waals surface area (Å²) in [6.07, 6.45) is 12.5. The molecule has 0 amide bonds. The molecule has 0 spiro atoms. The second kappa shape index (κ2) is 8.68. The number of hydrogen-bond donors (Lipinski definition) is 1. The van der Waals surface area contributed by atoms with Crippen molar-refractivity contribution in [2.24, 2.45) is 7.05 Å². The van der Waals surface area contributed by atoms with Crippen LogP contribution in [0.2, 0.25) is 0 Å². The Labute approximate surface area is 185 Å². The molecule has 0 saturated carbocycles. The van der Waals surface area contributed by atoms with Gasteiger partial charge >= 0.3 is 0 Å². The van der Waals surface area contributed by atoms with Crippen LogP contribution in [-0.2, 0) is 13.5 Å². The highest BCUT2D eigenvalue weighted by atomic mass is 16.3. The molecule has 1 N–H and O–H groups in total. The molecule has 3 aromatic heterocycles. The average Bonchev–Trinajstić information content (AvgIpc) is 3.20. The maximum Gasteiger partial charge on any atom is 0.203 e. The average molecular weight is 428 g/mol. The lowest BCUT2D eigenvalue weighted by Gasteiger charge is -2.10. The van der Waals surface area contributed by atoms with E-state index in [1.54, 1.807) is 60.2 Å². The van der Waals surface area contributed by atoms with Crippen molar-refractivity contribution in [2.45, 2.75) is 25.9 Å². The van der Waals surface area contributed by atoms with Crippen LogP contribution in [0.4, 0.5) is 0 Å². The maximum absolute atomic E-state index is 12.4. The fourth-order valence-corrected chi connectivity index (χ4v) is 3.13. The Morgan fingerprint density at radius 1 is 1.12 bits per heavy atom. The Morgan fingerprint density at radius 2 is 1.91 bits per heavy atom. The van der Waals surface area contributed by atoms with Gasteiger partial charge in [0.2, 0.25) is 5.43 Å². The van der Waals surface area contributed by atoms with E-state index in [0.717, 1.165) is 22.4 Å². The fourth-order valence-electron chi connectivity index (χ4n) is 3.13. The lowest BCUT2D eigenvalue weighted by atomic mass is 10.1. The molecule has 0 bridgehead atoms. The SMILES string of the molecule is Cn1cc(-n2ccc(=O)c(Cc3cccc(-c4ncc(/C=C/C(C)(C)O)cn4)c3)n2)cn1. The molecular weight excluding hydrogens is 404 g/mol. The number of aliphatic hydroxyl groups is 1. The summed E-state index contributed by atoms with van der Waals surface area (Å²) < 4.78 is 3.33. The normalized spacial score (nSPS) is 11.9. The molecule has 4 rings (SSSR count). The first-order valence-corrected chi connectivity index (χ1v) is 10.2. The number of benzene rings is 1. The smallest absolute Gasteiger partial charge is 0.203 e. The minimum Gasteiger partial charge on any atom is -0.386 e. The van der Waals surface area contributed by atoms with Crippen LogP contribution in [0.5, 0.6) is 0 Å². The summed E-state index contributed by atoms with van der Waals surface area (Å²) in [5.41, 5.74) is 2.81. The van der Waals surface area contributed by atoms with Gasteiger partial charge in [0.15, 0.2) is 5.82 Å². The van der Waals surface area contributed by atoms with Crippen molar-refractivity contribution in [1.82, 2.24) is 29.5 Å². The lowest BCUT2D eigenvalue weighted by Crippen LogP contribution is -2.16. The van der Waals surface area contributed by atoms with Crippen molar-refractivity contribution in [1.29, 1.82) is 0 Å². The van der Waals surface area contributed by atoms with E-state index in [-0.39, 0.29) is 5.43 Å². The first kappa shape index (κ1) is 21.3. The van der Waals surface area contributed by atoms with Crippen molar-refractivity contribution in [3.63, 3.8) is 0 Å².